The molecule has 0 amide bonds. The Balaban J connectivity index is 5.09. The smallest absolute Gasteiger partial charge is 0.462 e. The Morgan fingerprint density at radius 3 is 0.764 bits per heavy atom. The zero-order chi connectivity index (χ0) is 65.6. The zero-order valence-corrected chi connectivity index (χ0v) is 59.4. The van der Waals surface area contributed by atoms with Crippen molar-refractivity contribution in [1.29, 1.82) is 0 Å². The van der Waals surface area contributed by atoms with Gasteiger partial charge in [-0.2, -0.15) is 0 Å². The molecule has 0 aromatic carbocycles. The van der Waals surface area contributed by atoms with Crippen molar-refractivity contribution < 1.29 is 80.2 Å². The summed E-state index contributed by atoms with van der Waals surface area (Å²) in [5.74, 6) is -1.33. The van der Waals surface area contributed by atoms with Crippen molar-refractivity contribution in [3.8, 4) is 0 Å². The van der Waals surface area contributed by atoms with Crippen LogP contribution in [0.4, 0.5) is 0 Å². The van der Waals surface area contributed by atoms with Gasteiger partial charge in [-0.15, -0.1) is 0 Å². The van der Waals surface area contributed by atoms with E-state index in [1.807, 2.05) is 0 Å². The molecule has 0 spiro atoms. The number of aliphatic hydroxyl groups excluding tert-OH is 1. The van der Waals surface area contributed by atoms with Gasteiger partial charge < -0.3 is 33.8 Å². The van der Waals surface area contributed by atoms with Gasteiger partial charge in [0.1, 0.15) is 19.3 Å². The van der Waals surface area contributed by atoms with E-state index in [1.54, 1.807) is 0 Å². The summed E-state index contributed by atoms with van der Waals surface area (Å²) in [7, 11) is -9.88. The molecule has 0 saturated carbocycles. The van der Waals surface area contributed by atoms with E-state index in [2.05, 4.69) is 34.6 Å². The van der Waals surface area contributed by atoms with Crippen molar-refractivity contribution in [2.24, 2.45) is 5.92 Å². The molecular weight excluding hydrogens is 1170 g/mol. The summed E-state index contributed by atoms with van der Waals surface area (Å²) < 4.78 is 67.9. The number of aliphatic hydroxyl groups is 1. The lowest BCUT2D eigenvalue weighted by Crippen LogP contribution is -2.30. The second-order valence-corrected chi connectivity index (χ2v) is 28.7. The number of phosphoric ester groups is 2. The number of esters is 4. The summed E-state index contributed by atoms with van der Waals surface area (Å²) in [6.07, 6.45) is 50.7. The monoisotopic (exact) mass is 1310 g/mol. The van der Waals surface area contributed by atoms with Gasteiger partial charge >= 0.3 is 39.5 Å². The maximum absolute atomic E-state index is 13.0. The summed E-state index contributed by atoms with van der Waals surface area (Å²) >= 11 is 0. The molecule has 0 fully saturated rings. The van der Waals surface area contributed by atoms with Crippen LogP contribution in [0, 0.1) is 5.92 Å². The zero-order valence-electron chi connectivity index (χ0n) is 57.6. The lowest BCUT2D eigenvalue weighted by Gasteiger charge is -2.21. The molecule has 3 N–H and O–H groups in total. The van der Waals surface area contributed by atoms with Gasteiger partial charge in [-0.3, -0.25) is 37.3 Å². The molecule has 2 unspecified atom stereocenters. The summed E-state index contributed by atoms with van der Waals surface area (Å²) in [4.78, 5) is 72.1. The van der Waals surface area contributed by atoms with Crippen LogP contribution in [0.1, 0.15) is 362 Å². The molecule has 0 rings (SSSR count). The quantitative estimate of drug-likeness (QED) is 0.0222. The van der Waals surface area contributed by atoms with Crippen LogP contribution < -0.4 is 0 Å². The largest absolute Gasteiger partial charge is 0.472 e. The SMILES string of the molecule is CCCCCCCCCCCCCCCCCCCCCC(=O)O[C@H](COC(=O)CCCCCCCCCCCCCCCCCC(C)C)COP(=O)(O)OC[C@@H](O)COP(=O)(O)OC[C@@H](COC(=O)CCCCCCC)OC(=O)CCCCCCCCC. The minimum atomic E-state index is -4.95. The fourth-order valence-electron chi connectivity index (χ4n) is 10.6. The van der Waals surface area contributed by atoms with Gasteiger partial charge in [-0.05, 0) is 31.6 Å². The van der Waals surface area contributed by atoms with Crippen LogP contribution in [-0.2, 0) is 65.4 Å². The predicted octanol–water partition coefficient (Wildman–Crippen LogP) is 20.1. The number of rotatable bonds is 70. The van der Waals surface area contributed by atoms with E-state index in [1.165, 1.54) is 167 Å². The molecular formula is C70H136O17P2. The van der Waals surface area contributed by atoms with Gasteiger partial charge in [-0.25, -0.2) is 9.13 Å². The molecule has 0 bridgehead atoms. The van der Waals surface area contributed by atoms with Crippen LogP contribution in [0.2, 0.25) is 0 Å². The molecule has 0 aromatic rings. The Hall–Kier alpha value is -1.94. The minimum Gasteiger partial charge on any atom is -0.462 e. The Bertz CT molecular complexity index is 1720. The van der Waals surface area contributed by atoms with E-state index in [4.69, 9.17) is 37.0 Å². The lowest BCUT2D eigenvalue weighted by molar-refractivity contribution is -0.161. The maximum Gasteiger partial charge on any atom is 0.472 e. The molecule has 89 heavy (non-hydrogen) atoms. The van der Waals surface area contributed by atoms with Crippen LogP contribution in [0.3, 0.4) is 0 Å². The fraction of sp³-hybridized carbons (Fsp3) is 0.943. The predicted molar refractivity (Wildman–Crippen MR) is 358 cm³/mol. The molecule has 0 aliphatic heterocycles. The van der Waals surface area contributed by atoms with Crippen LogP contribution in [0.5, 0.6) is 0 Å². The number of ether oxygens (including phenoxy) is 4. The van der Waals surface area contributed by atoms with Crippen molar-refractivity contribution in [1.82, 2.24) is 0 Å². The molecule has 19 heteroatoms. The van der Waals surface area contributed by atoms with Crippen LogP contribution in [0.15, 0.2) is 0 Å². The molecule has 5 atom stereocenters. The average molecular weight is 1310 g/mol. The summed E-state index contributed by atoms with van der Waals surface area (Å²) in [5.41, 5.74) is 0. The highest BCUT2D eigenvalue weighted by Gasteiger charge is 2.30. The topological polar surface area (TPSA) is 237 Å². The lowest BCUT2D eigenvalue weighted by atomic mass is 10.0. The number of hydrogen-bond donors (Lipinski definition) is 3. The summed E-state index contributed by atoms with van der Waals surface area (Å²) in [6.45, 7) is 7.14. The standard InChI is InChI=1S/C70H136O17P2/c1-6-9-12-15-17-18-19-20-21-22-23-24-27-31-34-37-41-46-51-56-70(75)87-66(60-81-68(73)54-49-44-40-36-33-30-28-25-26-29-32-35-39-43-47-52-63(4)5)62-85-89(78,79)83-58-64(71)57-82-88(76,77)84-61-65(59-80-67(72)53-48-42-14-11-8-3)86-69(74)55-50-45-38-16-13-10-7-2/h63-66,71H,6-62H2,1-5H3,(H,76,77)(H,78,79)/t64-,65+,66+/m0/s1. The number of phosphoric acid groups is 2. The van der Waals surface area contributed by atoms with Crippen molar-refractivity contribution in [2.45, 2.75) is 380 Å². The minimum absolute atomic E-state index is 0.103. The van der Waals surface area contributed by atoms with Crippen molar-refractivity contribution in [3.05, 3.63) is 0 Å². The molecule has 0 aliphatic carbocycles. The Labute approximate surface area is 543 Å². The van der Waals surface area contributed by atoms with E-state index in [-0.39, 0.29) is 25.7 Å². The Morgan fingerprint density at radius 2 is 0.517 bits per heavy atom. The van der Waals surface area contributed by atoms with Gasteiger partial charge in [0, 0.05) is 25.7 Å². The number of unbranched alkanes of at least 4 members (excludes halogenated alkanes) is 42. The first-order chi connectivity index (χ1) is 43.0. The number of carbonyl (C=O) groups excluding carboxylic acids is 4. The second-order valence-electron chi connectivity index (χ2n) is 25.7. The normalized spacial score (nSPS) is 14.1. The second kappa shape index (κ2) is 63.5. The fourth-order valence-corrected chi connectivity index (χ4v) is 12.2. The van der Waals surface area contributed by atoms with Crippen molar-refractivity contribution >= 4 is 39.5 Å². The van der Waals surface area contributed by atoms with Crippen molar-refractivity contribution in [3.63, 3.8) is 0 Å². The van der Waals surface area contributed by atoms with Gasteiger partial charge in [-0.1, -0.05) is 311 Å². The molecule has 0 radical (unpaired) electrons. The number of hydrogen-bond acceptors (Lipinski definition) is 15. The molecule has 0 heterocycles. The van der Waals surface area contributed by atoms with E-state index in [0.717, 1.165) is 115 Å². The first-order valence-electron chi connectivity index (χ1n) is 36.6. The molecule has 0 aliphatic rings. The molecule has 0 aromatic heterocycles. The molecule has 528 valence electrons. The Kier molecular flexibility index (Phi) is 62.1. The first-order valence-corrected chi connectivity index (χ1v) is 39.6. The highest BCUT2D eigenvalue weighted by molar-refractivity contribution is 7.47. The van der Waals surface area contributed by atoms with E-state index in [0.29, 0.717) is 25.7 Å². The summed E-state index contributed by atoms with van der Waals surface area (Å²) in [5, 5.41) is 10.5. The van der Waals surface area contributed by atoms with Gasteiger partial charge in [0.25, 0.3) is 0 Å². The average Bonchev–Trinajstić information content (AvgIpc) is 3.58. The van der Waals surface area contributed by atoms with Gasteiger partial charge in [0.15, 0.2) is 12.2 Å². The van der Waals surface area contributed by atoms with Gasteiger partial charge in [0.2, 0.25) is 0 Å². The first kappa shape index (κ1) is 87.1. The van der Waals surface area contributed by atoms with Crippen LogP contribution >= 0.6 is 15.6 Å². The third-order valence-electron chi connectivity index (χ3n) is 16.3. The molecule has 0 saturated heterocycles. The van der Waals surface area contributed by atoms with Crippen LogP contribution in [0.25, 0.3) is 0 Å². The summed E-state index contributed by atoms with van der Waals surface area (Å²) in [6, 6.07) is 0. The highest BCUT2D eigenvalue weighted by Crippen LogP contribution is 2.45. The Morgan fingerprint density at radius 1 is 0.303 bits per heavy atom. The van der Waals surface area contributed by atoms with E-state index >= 15 is 0 Å². The van der Waals surface area contributed by atoms with E-state index < -0.39 is 97.5 Å². The maximum atomic E-state index is 13.0. The number of carbonyl (C=O) groups is 4. The van der Waals surface area contributed by atoms with Crippen molar-refractivity contribution in [2.75, 3.05) is 39.6 Å². The highest BCUT2D eigenvalue weighted by atomic mass is 31.2. The van der Waals surface area contributed by atoms with E-state index in [9.17, 15) is 43.2 Å². The van der Waals surface area contributed by atoms with Crippen LogP contribution in [-0.4, -0.2) is 96.7 Å². The third kappa shape index (κ3) is 64.6. The molecule has 17 nitrogen and oxygen atoms in total. The van der Waals surface area contributed by atoms with Gasteiger partial charge in [0.05, 0.1) is 26.4 Å². The third-order valence-corrected chi connectivity index (χ3v) is 18.2.